The number of benzene rings is 1. The molecule has 2 aromatic rings. The zero-order chi connectivity index (χ0) is 15.4. The average molecular weight is 356 g/mol. The normalized spacial score (nSPS) is 15.0. The molecule has 2 heterocycles. The lowest BCUT2D eigenvalue weighted by Gasteiger charge is -2.20. The van der Waals surface area contributed by atoms with Crippen LogP contribution in [0.3, 0.4) is 0 Å². The third-order valence-corrected chi connectivity index (χ3v) is 4.73. The number of hydrogen-bond acceptors (Lipinski definition) is 4. The number of thiazole rings is 1. The SMILES string of the molecule is Cl.O=C(Nc1ncc(Cc2ccccc2F)s1)C1CCNCC1. The standard InChI is InChI=1S/C16H18FN3OS.ClH/c17-14-4-2-1-3-12(14)9-13-10-19-16(22-13)20-15(21)11-5-7-18-8-6-11;/h1-4,10-11,18H,5-9H2,(H,19,20,21);1H. The number of amides is 1. The third kappa shape index (κ3) is 4.73. The van der Waals surface area contributed by atoms with Crippen molar-refractivity contribution in [3.63, 3.8) is 0 Å². The fourth-order valence-electron chi connectivity index (χ4n) is 2.57. The van der Waals surface area contributed by atoms with Gasteiger partial charge in [0, 0.05) is 23.4 Å². The van der Waals surface area contributed by atoms with Gasteiger partial charge >= 0.3 is 0 Å². The fourth-order valence-corrected chi connectivity index (χ4v) is 3.41. The molecule has 7 heteroatoms. The van der Waals surface area contributed by atoms with Crippen molar-refractivity contribution >= 4 is 34.8 Å². The monoisotopic (exact) mass is 355 g/mol. The zero-order valence-electron chi connectivity index (χ0n) is 12.5. The first-order valence-corrected chi connectivity index (χ1v) is 8.24. The van der Waals surface area contributed by atoms with Gasteiger partial charge in [-0.1, -0.05) is 18.2 Å². The molecule has 1 aromatic carbocycles. The molecule has 0 atom stereocenters. The molecular formula is C16H19ClFN3OS. The van der Waals surface area contributed by atoms with Crippen molar-refractivity contribution in [3.8, 4) is 0 Å². The number of anilines is 1. The lowest BCUT2D eigenvalue weighted by Crippen LogP contribution is -2.34. The van der Waals surface area contributed by atoms with Crippen LogP contribution < -0.4 is 10.6 Å². The highest BCUT2D eigenvalue weighted by Gasteiger charge is 2.21. The summed E-state index contributed by atoms with van der Waals surface area (Å²) in [6, 6.07) is 6.72. The van der Waals surface area contributed by atoms with Gasteiger partial charge in [-0.2, -0.15) is 0 Å². The summed E-state index contributed by atoms with van der Waals surface area (Å²) in [5.41, 5.74) is 0.641. The molecule has 1 saturated heterocycles. The Hall–Kier alpha value is -1.50. The molecule has 0 saturated carbocycles. The summed E-state index contributed by atoms with van der Waals surface area (Å²) < 4.78 is 13.6. The first-order chi connectivity index (χ1) is 10.7. The first kappa shape index (κ1) is 17.8. The summed E-state index contributed by atoms with van der Waals surface area (Å²) in [5.74, 6) is -0.121. The maximum absolute atomic E-state index is 13.6. The van der Waals surface area contributed by atoms with E-state index in [9.17, 15) is 9.18 Å². The maximum atomic E-state index is 13.6. The molecule has 3 rings (SSSR count). The predicted molar refractivity (Wildman–Crippen MR) is 92.8 cm³/mol. The van der Waals surface area contributed by atoms with E-state index in [0.717, 1.165) is 30.8 Å². The summed E-state index contributed by atoms with van der Waals surface area (Å²) in [7, 11) is 0. The van der Waals surface area contributed by atoms with Gasteiger partial charge < -0.3 is 10.6 Å². The number of halogens is 2. The van der Waals surface area contributed by atoms with E-state index in [1.54, 1.807) is 18.3 Å². The Bertz CT molecular complexity index is 658. The molecule has 124 valence electrons. The molecule has 1 fully saturated rings. The maximum Gasteiger partial charge on any atom is 0.229 e. The van der Waals surface area contributed by atoms with Gasteiger partial charge in [0.05, 0.1) is 0 Å². The van der Waals surface area contributed by atoms with E-state index < -0.39 is 0 Å². The number of rotatable bonds is 4. The molecule has 0 unspecified atom stereocenters. The van der Waals surface area contributed by atoms with Crippen molar-refractivity contribution < 1.29 is 9.18 Å². The second kappa shape index (κ2) is 8.38. The highest BCUT2D eigenvalue weighted by atomic mass is 35.5. The van der Waals surface area contributed by atoms with Gasteiger partial charge in [-0.05, 0) is 37.6 Å². The molecular weight excluding hydrogens is 337 g/mol. The quantitative estimate of drug-likeness (QED) is 0.885. The highest BCUT2D eigenvalue weighted by Crippen LogP contribution is 2.23. The van der Waals surface area contributed by atoms with E-state index in [-0.39, 0.29) is 30.0 Å². The summed E-state index contributed by atoms with van der Waals surface area (Å²) in [4.78, 5) is 17.3. The van der Waals surface area contributed by atoms with Gasteiger partial charge in [-0.3, -0.25) is 4.79 Å². The molecule has 0 radical (unpaired) electrons. The van der Waals surface area contributed by atoms with Crippen LogP contribution in [0.4, 0.5) is 9.52 Å². The van der Waals surface area contributed by atoms with Crippen LogP contribution in [0, 0.1) is 11.7 Å². The molecule has 0 bridgehead atoms. The van der Waals surface area contributed by atoms with E-state index in [4.69, 9.17) is 0 Å². The average Bonchev–Trinajstić information content (AvgIpc) is 2.97. The van der Waals surface area contributed by atoms with Gasteiger partial charge in [0.15, 0.2) is 5.13 Å². The van der Waals surface area contributed by atoms with Crippen LogP contribution in [-0.4, -0.2) is 24.0 Å². The molecule has 1 amide bonds. The van der Waals surface area contributed by atoms with Gasteiger partial charge in [-0.15, -0.1) is 23.7 Å². The van der Waals surface area contributed by atoms with Crippen LogP contribution in [0.25, 0.3) is 0 Å². The van der Waals surface area contributed by atoms with Gasteiger partial charge in [0.1, 0.15) is 5.82 Å². The van der Waals surface area contributed by atoms with E-state index in [1.807, 2.05) is 6.07 Å². The molecule has 1 aromatic heterocycles. The summed E-state index contributed by atoms with van der Waals surface area (Å²) >= 11 is 1.40. The topological polar surface area (TPSA) is 54.0 Å². The molecule has 0 aliphatic carbocycles. The van der Waals surface area contributed by atoms with E-state index >= 15 is 0 Å². The largest absolute Gasteiger partial charge is 0.317 e. The van der Waals surface area contributed by atoms with Gasteiger partial charge in [0.25, 0.3) is 0 Å². The number of nitrogens with one attached hydrogen (secondary N) is 2. The summed E-state index contributed by atoms with van der Waals surface area (Å²) in [6.45, 7) is 1.77. The Morgan fingerprint density at radius 2 is 2.09 bits per heavy atom. The minimum atomic E-state index is -0.212. The number of nitrogens with zero attached hydrogens (tertiary/aromatic N) is 1. The van der Waals surface area contributed by atoms with Crippen molar-refractivity contribution in [3.05, 3.63) is 46.7 Å². The summed E-state index contributed by atoms with van der Waals surface area (Å²) in [5, 5.41) is 6.71. The summed E-state index contributed by atoms with van der Waals surface area (Å²) in [6.07, 6.45) is 3.92. The van der Waals surface area contributed by atoms with Gasteiger partial charge in [-0.25, -0.2) is 9.37 Å². The zero-order valence-corrected chi connectivity index (χ0v) is 14.2. The van der Waals surface area contributed by atoms with Crippen molar-refractivity contribution in [2.45, 2.75) is 19.3 Å². The minimum absolute atomic E-state index is 0. The molecule has 1 aliphatic rings. The van der Waals surface area contributed by atoms with Crippen molar-refractivity contribution in [1.29, 1.82) is 0 Å². The number of piperidine rings is 1. The van der Waals surface area contributed by atoms with Crippen LogP contribution in [0.2, 0.25) is 0 Å². The van der Waals surface area contributed by atoms with E-state index in [0.29, 0.717) is 17.1 Å². The Balaban J connectivity index is 0.00000192. The number of hydrogen-bond donors (Lipinski definition) is 2. The second-order valence-corrected chi connectivity index (χ2v) is 6.53. The fraction of sp³-hybridized carbons (Fsp3) is 0.375. The molecule has 4 nitrogen and oxygen atoms in total. The van der Waals surface area contributed by atoms with Crippen LogP contribution >= 0.6 is 23.7 Å². The number of carbonyl (C=O) groups is 1. The predicted octanol–water partition coefficient (Wildman–Crippen LogP) is 3.23. The molecule has 2 N–H and O–H groups in total. The van der Waals surface area contributed by atoms with Crippen LogP contribution in [0.5, 0.6) is 0 Å². The Morgan fingerprint density at radius 1 is 1.35 bits per heavy atom. The van der Waals surface area contributed by atoms with Crippen molar-refractivity contribution in [1.82, 2.24) is 10.3 Å². The van der Waals surface area contributed by atoms with Crippen LogP contribution in [0.1, 0.15) is 23.3 Å². The first-order valence-electron chi connectivity index (χ1n) is 7.42. The smallest absolute Gasteiger partial charge is 0.229 e. The molecule has 0 spiro atoms. The van der Waals surface area contributed by atoms with Crippen molar-refractivity contribution in [2.24, 2.45) is 5.92 Å². The lowest BCUT2D eigenvalue weighted by atomic mass is 9.97. The Morgan fingerprint density at radius 3 is 2.83 bits per heavy atom. The highest BCUT2D eigenvalue weighted by molar-refractivity contribution is 7.15. The number of aromatic nitrogens is 1. The minimum Gasteiger partial charge on any atom is -0.317 e. The Labute approximate surface area is 144 Å². The van der Waals surface area contributed by atoms with Crippen LogP contribution in [0.15, 0.2) is 30.5 Å². The van der Waals surface area contributed by atoms with E-state index in [2.05, 4.69) is 15.6 Å². The lowest BCUT2D eigenvalue weighted by molar-refractivity contribution is -0.120. The van der Waals surface area contributed by atoms with Crippen LogP contribution in [-0.2, 0) is 11.2 Å². The van der Waals surface area contributed by atoms with Gasteiger partial charge in [0.2, 0.25) is 5.91 Å². The van der Waals surface area contributed by atoms with E-state index in [1.165, 1.54) is 17.4 Å². The molecule has 23 heavy (non-hydrogen) atoms. The van der Waals surface area contributed by atoms with Crippen molar-refractivity contribution in [2.75, 3.05) is 18.4 Å². The molecule has 1 aliphatic heterocycles. The Kier molecular flexibility index (Phi) is 6.50. The second-order valence-electron chi connectivity index (χ2n) is 5.41. The third-order valence-electron chi connectivity index (χ3n) is 3.82. The number of carbonyl (C=O) groups excluding carboxylic acids is 1.